The molecule has 0 bridgehead atoms. The number of rotatable bonds is 8. The Morgan fingerprint density at radius 2 is 1.34 bits per heavy atom. The van der Waals surface area contributed by atoms with Gasteiger partial charge in [-0.3, -0.25) is 9.69 Å². The summed E-state index contributed by atoms with van der Waals surface area (Å²) in [6.07, 6.45) is 2.00. The van der Waals surface area contributed by atoms with E-state index in [0.29, 0.717) is 18.9 Å². The minimum atomic E-state index is -0.223. The van der Waals surface area contributed by atoms with Gasteiger partial charge in [-0.15, -0.1) is 0 Å². The zero-order chi connectivity index (χ0) is 25.0. The summed E-state index contributed by atoms with van der Waals surface area (Å²) < 4.78 is 11.1. The standard InChI is InChI=1S/C30H34N2O3/c1-6-34-25-16-12-23(13-17-25)31-27-20-28(21-8-10-22(11-9-21)30(3,4)5)32(29(27)33)24-14-18-26(19-15-24)35-7-2/h8-20,28,31H,6-7H2,1-5H3. The predicted octanol–water partition coefficient (Wildman–Crippen LogP) is 6.87. The maximum Gasteiger partial charge on any atom is 0.275 e. The molecular weight excluding hydrogens is 436 g/mol. The molecule has 1 heterocycles. The lowest BCUT2D eigenvalue weighted by Crippen LogP contribution is -2.30. The third-order valence-electron chi connectivity index (χ3n) is 6.04. The fraction of sp³-hybridized carbons (Fsp3) is 0.300. The molecule has 0 aliphatic carbocycles. The highest BCUT2D eigenvalue weighted by Gasteiger charge is 2.35. The zero-order valence-corrected chi connectivity index (χ0v) is 21.2. The van der Waals surface area contributed by atoms with Crippen LogP contribution in [0.1, 0.15) is 51.8 Å². The first-order valence-electron chi connectivity index (χ1n) is 12.2. The van der Waals surface area contributed by atoms with Crippen molar-refractivity contribution in [1.82, 2.24) is 0 Å². The Morgan fingerprint density at radius 3 is 1.86 bits per heavy atom. The van der Waals surface area contributed by atoms with Crippen molar-refractivity contribution in [3.05, 3.63) is 95.7 Å². The molecule has 0 saturated carbocycles. The Kier molecular flexibility index (Phi) is 7.15. The molecule has 0 spiro atoms. The largest absolute Gasteiger partial charge is 0.494 e. The number of carbonyl (C=O) groups excluding carboxylic acids is 1. The van der Waals surface area contributed by atoms with Gasteiger partial charge in [-0.25, -0.2) is 0 Å². The Balaban J connectivity index is 1.66. The molecule has 3 aromatic carbocycles. The number of nitrogens with zero attached hydrogens (tertiary/aromatic N) is 1. The minimum absolute atomic E-state index is 0.0645. The van der Waals surface area contributed by atoms with Crippen molar-refractivity contribution in [2.24, 2.45) is 0 Å². The first kappa shape index (κ1) is 24.4. The maximum atomic E-state index is 13.6. The van der Waals surface area contributed by atoms with E-state index in [0.717, 1.165) is 28.4 Å². The summed E-state index contributed by atoms with van der Waals surface area (Å²) in [4.78, 5) is 15.5. The highest BCUT2D eigenvalue weighted by atomic mass is 16.5. The van der Waals surface area contributed by atoms with Crippen molar-refractivity contribution in [3.63, 3.8) is 0 Å². The number of hydrogen-bond donors (Lipinski definition) is 1. The Labute approximate surface area is 208 Å². The minimum Gasteiger partial charge on any atom is -0.494 e. The van der Waals surface area contributed by atoms with E-state index in [9.17, 15) is 4.79 Å². The third-order valence-corrected chi connectivity index (χ3v) is 6.04. The lowest BCUT2D eigenvalue weighted by Gasteiger charge is -2.26. The molecular formula is C30H34N2O3. The normalized spacial score (nSPS) is 15.7. The smallest absolute Gasteiger partial charge is 0.275 e. The fourth-order valence-corrected chi connectivity index (χ4v) is 4.18. The van der Waals surface area contributed by atoms with Crippen LogP contribution in [0.2, 0.25) is 0 Å². The molecule has 5 nitrogen and oxygen atoms in total. The van der Waals surface area contributed by atoms with Crippen LogP contribution in [0.25, 0.3) is 0 Å². The van der Waals surface area contributed by atoms with Crippen molar-refractivity contribution < 1.29 is 14.3 Å². The van der Waals surface area contributed by atoms with Gasteiger partial charge in [-0.05, 0) is 85.0 Å². The zero-order valence-electron chi connectivity index (χ0n) is 21.2. The number of hydrogen-bond acceptors (Lipinski definition) is 4. The fourth-order valence-electron chi connectivity index (χ4n) is 4.18. The van der Waals surface area contributed by atoms with Gasteiger partial charge in [0.1, 0.15) is 17.2 Å². The summed E-state index contributed by atoms with van der Waals surface area (Å²) in [5, 5.41) is 3.32. The van der Waals surface area contributed by atoms with Crippen LogP contribution in [0, 0.1) is 0 Å². The van der Waals surface area contributed by atoms with Crippen LogP contribution in [0.3, 0.4) is 0 Å². The molecule has 1 aliphatic heterocycles. The molecule has 4 rings (SSSR count). The van der Waals surface area contributed by atoms with Gasteiger partial charge < -0.3 is 14.8 Å². The van der Waals surface area contributed by atoms with E-state index in [1.54, 1.807) is 0 Å². The summed E-state index contributed by atoms with van der Waals surface area (Å²) >= 11 is 0. The highest BCUT2D eigenvalue weighted by Crippen LogP contribution is 2.37. The molecule has 1 aliphatic rings. The van der Waals surface area contributed by atoms with E-state index in [4.69, 9.17) is 9.47 Å². The highest BCUT2D eigenvalue weighted by molar-refractivity contribution is 6.11. The van der Waals surface area contributed by atoms with Crippen LogP contribution in [-0.4, -0.2) is 19.1 Å². The second kappa shape index (κ2) is 10.3. The average Bonchev–Trinajstić information content (AvgIpc) is 3.16. The summed E-state index contributed by atoms with van der Waals surface area (Å²) in [6.45, 7) is 11.7. The number of carbonyl (C=O) groups is 1. The monoisotopic (exact) mass is 470 g/mol. The van der Waals surface area contributed by atoms with E-state index < -0.39 is 0 Å². The molecule has 35 heavy (non-hydrogen) atoms. The van der Waals surface area contributed by atoms with Crippen LogP contribution in [0.15, 0.2) is 84.6 Å². The summed E-state index contributed by atoms with van der Waals surface area (Å²) in [7, 11) is 0. The summed E-state index contributed by atoms with van der Waals surface area (Å²) in [5.41, 5.74) is 4.59. The Bertz CT molecular complexity index is 1170. The lowest BCUT2D eigenvalue weighted by molar-refractivity contribution is -0.114. The average molecular weight is 471 g/mol. The SMILES string of the molecule is CCOc1ccc(NC2=CC(c3ccc(C(C)(C)C)cc3)N(c3ccc(OCC)cc3)C2=O)cc1. The van der Waals surface area contributed by atoms with Crippen molar-refractivity contribution in [2.45, 2.75) is 46.1 Å². The van der Waals surface area contributed by atoms with Crippen molar-refractivity contribution in [3.8, 4) is 11.5 Å². The predicted molar refractivity (Wildman–Crippen MR) is 142 cm³/mol. The quantitative estimate of drug-likeness (QED) is 0.390. The molecule has 0 fully saturated rings. The Morgan fingerprint density at radius 1 is 0.800 bits per heavy atom. The lowest BCUT2D eigenvalue weighted by atomic mass is 9.86. The van der Waals surface area contributed by atoms with E-state index in [2.05, 4.69) is 50.4 Å². The van der Waals surface area contributed by atoms with Gasteiger partial charge in [0.15, 0.2) is 0 Å². The van der Waals surface area contributed by atoms with Gasteiger partial charge in [0, 0.05) is 11.4 Å². The molecule has 1 N–H and O–H groups in total. The van der Waals surface area contributed by atoms with Crippen molar-refractivity contribution >= 4 is 17.3 Å². The topological polar surface area (TPSA) is 50.8 Å². The molecule has 1 unspecified atom stereocenters. The van der Waals surface area contributed by atoms with Crippen molar-refractivity contribution in [2.75, 3.05) is 23.4 Å². The summed E-state index contributed by atoms with van der Waals surface area (Å²) in [5.74, 6) is 1.51. The molecule has 0 saturated heterocycles. The van der Waals surface area contributed by atoms with Crippen LogP contribution in [0.5, 0.6) is 11.5 Å². The number of ether oxygens (including phenoxy) is 2. The van der Waals surface area contributed by atoms with E-state index in [1.807, 2.05) is 73.4 Å². The van der Waals surface area contributed by atoms with Crippen LogP contribution >= 0.6 is 0 Å². The van der Waals surface area contributed by atoms with Crippen molar-refractivity contribution in [1.29, 1.82) is 0 Å². The van der Waals surface area contributed by atoms with Gasteiger partial charge in [0.2, 0.25) is 0 Å². The maximum absolute atomic E-state index is 13.6. The van der Waals surface area contributed by atoms with E-state index in [1.165, 1.54) is 5.56 Å². The first-order valence-corrected chi connectivity index (χ1v) is 12.2. The second-order valence-corrected chi connectivity index (χ2v) is 9.58. The molecule has 5 heteroatoms. The molecule has 1 amide bonds. The summed E-state index contributed by atoms with van der Waals surface area (Å²) in [6, 6.07) is 23.7. The molecule has 182 valence electrons. The molecule has 3 aromatic rings. The van der Waals surface area contributed by atoms with Crippen LogP contribution < -0.4 is 19.7 Å². The van der Waals surface area contributed by atoms with Crippen LogP contribution in [-0.2, 0) is 10.2 Å². The molecule has 0 aromatic heterocycles. The number of nitrogens with one attached hydrogen (secondary N) is 1. The number of amides is 1. The van der Waals surface area contributed by atoms with E-state index in [-0.39, 0.29) is 17.4 Å². The van der Waals surface area contributed by atoms with Gasteiger partial charge >= 0.3 is 0 Å². The van der Waals surface area contributed by atoms with Gasteiger partial charge in [0.25, 0.3) is 5.91 Å². The van der Waals surface area contributed by atoms with Gasteiger partial charge in [-0.2, -0.15) is 0 Å². The van der Waals surface area contributed by atoms with Gasteiger partial charge in [0.05, 0.1) is 19.3 Å². The number of benzene rings is 3. The molecule has 0 radical (unpaired) electrons. The number of anilines is 2. The first-order chi connectivity index (χ1) is 16.8. The second-order valence-electron chi connectivity index (χ2n) is 9.58. The van der Waals surface area contributed by atoms with Gasteiger partial charge in [-0.1, -0.05) is 45.0 Å². The van der Waals surface area contributed by atoms with Crippen LogP contribution in [0.4, 0.5) is 11.4 Å². The third kappa shape index (κ3) is 5.51. The van der Waals surface area contributed by atoms with E-state index >= 15 is 0 Å². The Hall–Kier alpha value is -3.73. The molecule has 1 atom stereocenters.